The van der Waals surface area contributed by atoms with Gasteiger partial charge in [-0.05, 0) is 43.2 Å². The Morgan fingerprint density at radius 3 is 2.83 bits per heavy atom. The number of amides is 1. The van der Waals surface area contributed by atoms with Gasteiger partial charge in [0.2, 0.25) is 5.91 Å². The van der Waals surface area contributed by atoms with Gasteiger partial charge in [-0.25, -0.2) is 0 Å². The number of fused-ring (bicyclic) bond motifs is 1. The van der Waals surface area contributed by atoms with E-state index in [0.717, 1.165) is 23.1 Å². The number of hydrogen-bond acceptors (Lipinski definition) is 2. The second kappa shape index (κ2) is 7.21. The van der Waals surface area contributed by atoms with Crippen LogP contribution in [-0.2, 0) is 17.8 Å². The molecule has 0 atom stereocenters. The van der Waals surface area contributed by atoms with E-state index in [1.807, 2.05) is 41.1 Å². The van der Waals surface area contributed by atoms with Gasteiger partial charge in [-0.15, -0.1) is 0 Å². The van der Waals surface area contributed by atoms with Crippen molar-refractivity contribution >= 4 is 16.8 Å². The minimum absolute atomic E-state index is 0.0240. The molecule has 0 aliphatic heterocycles. The zero-order valence-corrected chi connectivity index (χ0v) is 14.1. The summed E-state index contributed by atoms with van der Waals surface area (Å²) in [5.41, 5.74) is 3.52. The highest BCUT2D eigenvalue weighted by atomic mass is 16.5. The Balaban J connectivity index is 1.57. The summed E-state index contributed by atoms with van der Waals surface area (Å²) in [6.45, 7) is 3.05. The first-order chi connectivity index (χ1) is 11.7. The minimum atomic E-state index is 0.0240. The Morgan fingerprint density at radius 2 is 2.04 bits per heavy atom. The largest absolute Gasteiger partial charge is 0.497 e. The number of aromatic nitrogens is 1. The maximum atomic E-state index is 12.2. The van der Waals surface area contributed by atoms with Crippen molar-refractivity contribution in [3.63, 3.8) is 0 Å². The van der Waals surface area contributed by atoms with E-state index in [0.29, 0.717) is 13.1 Å². The molecular formula is C20H22N2O2. The van der Waals surface area contributed by atoms with Gasteiger partial charge in [-0.3, -0.25) is 4.79 Å². The van der Waals surface area contributed by atoms with E-state index in [2.05, 4.69) is 30.4 Å². The van der Waals surface area contributed by atoms with Gasteiger partial charge < -0.3 is 14.6 Å². The molecule has 0 radical (unpaired) electrons. The van der Waals surface area contributed by atoms with Crippen LogP contribution < -0.4 is 10.1 Å². The summed E-state index contributed by atoms with van der Waals surface area (Å²) in [4.78, 5) is 12.2. The van der Waals surface area contributed by atoms with Crippen molar-refractivity contribution in [2.75, 3.05) is 13.7 Å². The first kappa shape index (κ1) is 16.1. The van der Waals surface area contributed by atoms with Crippen LogP contribution in [0, 0.1) is 6.92 Å². The molecule has 0 unspecified atom stereocenters. The summed E-state index contributed by atoms with van der Waals surface area (Å²) < 4.78 is 7.18. The molecule has 2 aromatic carbocycles. The molecule has 0 aliphatic rings. The third-order valence-corrected chi connectivity index (χ3v) is 4.11. The molecule has 1 amide bonds. The SMILES string of the molecule is COc1ccc2c(ccn2CC(=O)NCCc2cccc(C)c2)c1. The summed E-state index contributed by atoms with van der Waals surface area (Å²) in [6.07, 6.45) is 2.78. The molecule has 3 aromatic rings. The first-order valence-electron chi connectivity index (χ1n) is 8.11. The molecule has 1 heterocycles. The van der Waals surface area contributed by atoms with Crippen LogP contribution in [-0.4, -0.2) is 24.1 Å². The average molecular weight is 322 g/mol. The van der Waals surface area contributed by atoms with E-state index in [1.165, 1.54) is 11.1 Å². The number of carbonyl (C=O) groups excluding carboxylic acids is 1. The van der Waals surface area contributed by atoms with Gasteiger partial charge in [-0.2, -0.15) is 0 Å². The molecule has 3 rings (SSSR count). The molecule has 0 bridgehead atoms. The number of aryl methyl sites for hydroxylation is 1. The Kier molecular flexibility index (Phi) is 4.85. The van der Waals surface area contributed by atoms with Crippen molar-refractivity contribution in [2.45, 2.75) is 19.9 Å². The molecule has 124 valence electrons. The average Bonchev–Trinajstić information content (AvgIpc) is 2.97. The van der Waals surface area contributed by atoms with Crippen LogP contribution >= 0.6 is 0 Å². The van der Waals surface area contributed by atoms with Crippen molar-refractivity contribution in [1.82, 2.24) is 9.88 Å². The molecule has 0 saturated carbocycles. The number of nitrogens with zero attached hydrogens (tertiary/aromatic N) is 1. The summed E-state index contributed by atoms with van der Waals surface area (Å²) in [5, 5.41) is 4.06. The summed E-state index contributed by atoms with van der Waals surface area (Å²) in [5.74, 6) is 0.846. The fraction of sp³-hybridized carbons (Fsp3) is 0.250. The second-order valence-corrected chi connectivity index (χ2v) is 5.96. The number of nitrogens with one attached hydrogen (secondary N) is 1. The van der Waals surface area contributed by atoms with Crippen molar-refractivity contribution in [2.24, 2.45) is 0 Å². The molecular weight excluding hydrogens is 300 g/mol. The zero-order valence-electron chi connectivity index (χ0n) is 14.1. The zero-order chi connectivity index (χ0) is 16.9. The van der Waals surface area contributed by atoms with Crippen LogP contribution in [0.15, 0.2) is 54.7 Å². The van der Waals surface area contributed by atoms with Gasteiger partial charge >= 0.3 is 0 Å². The number of carbonyl (C=O) groups is 1. The van der Waals surface area contributed by atoms with Gasteiger partial charge in [0.1, 0.15) is 12.3 Å². The lowest BCUT2D eigenvalue weighted by atomic mass is 10.1. The highest BCUT2D eigenvalue weighted by Gasteiger charge is 2.07. The lowest BCUT2D eigenvalue weighted by Gasteiger charge is -2.08. The van der Waals surface area contributed by atoms with E-state index in [1.54, 1.807) is 7.11 Å². The van der Waals surface area contributed by atoms with Crippen LogP contribution in [0.5, 0.6) is 5.75 Å². The molecule has 0 spiro atoms. The smallest absolute Gasteiger partial charge is 0.239 e. The molecule has 0 fully saturated rings. The third-order valence-electron chi connectivity index (χ3n) is 4.11. The van der Waals surface area contributed by atoms with Crippen LogP contribution in [0.25, 0.3) is 10.9 Å². The number of rotatable bonds is 6. The number of ether oxygens (including phenoxy) is 1. The number of hydrogen-bond donors (Lipinski definition) is 1. The Labute approximate surface area is 142 Å². The van der Waals surface area contributed by atoms with E-state index < -0.39 is 0 Å². The maximum absolute atomic E-state index is 12.2. The monoisotopic (exact) mass is 322 g/mol. The normalized spacial score (nSPS) is 10.8. The fourth-order valence-corrected chi connectivity index (χ4v) is 2.87. The van der Waals surface area contributed by atoms with Gasteiger partial charge in [0.15, 0.2) is 0 Å². The number of methoxy groups -OCH3 is 1. The Morgan fingerprint density at radius 1 is 1.17 bits per heavy atom. The Bertz CT molecular complexity index is 852. The van der Waals surface area contributed by atoms with Gasteiger partial charge in [-0.1, -0.05) is 29.8 Å². The molecule has 0 aliphatic carbocycles. The topological polar surface area (TPSA) is 43.3 Å². The van der Waals surface area contributed by atoms with Crippen molar-refractivity contribution in [3.05, 3.63) is 65.9 Å². The van der Waals surface area contributed by atoms with Gasteiger partial charge in [0.25, 0.3) is 0 Å². The fourth-order valence-electron chi connectivity index (χ4n) is 2.87. The summed E-state index contributed by atoms with van der Waals surface area (Å²) in [6, 6.07) is 16.2. The molecule has 1 N–H and O–H groups in total. The third kappa shape index (κ3) is 3.77. The second-order valence-electron chi connectivity index (χ2n) is 5.96. The highest BCUT2D eigenvalue weighted by Crippen LogP contribution is 2.21. The van der Waals surface area contributed by atoms with Crippen LogP contribution in [0.2, 0.25) is 0 Å². The lowest BCUT2D eigenvalue weighted by Crippen LogP contribution is -2.29. The lowest BCUT2D eigenvalue weighted by molar-refractivity contribution is -0.121. The molecule has 1 aromatic heterocycles. The highest BCUT2D eigenvalue weighted by molar-refractivity contribution is 5.84. The maximum Gasteiger partial charge on any atom is 0.239 e. The quantitative estimate of drug-likeness (QED) is 0.756. The Hall–Kier alpha value is -2.75. The van der Waals surface area contributed by atoms with Crippen LogP contribution in [0.1, 0.15) is 11.1 Å². The van der Waals surface area contributed by atoms with Crippen LogP contribution in [0.4, 0.5) is 0 Å². The molecule has 0 saturated heterocycles. The van der Waals surface area contributed by atoms with E-state index in [9.17, 15) is 4.79 Å². The first-order valence-corrected chi connectivity index (χ1v) is 8.11. The molecule has 4 nitrogen and oxygen atoms in total. The standard InChI is InChI=1S/C20H22N2O2/c1-15-4-3-5-16(12-15)8-10-21-20(23)14-22-11-9-17-13-18(24-2)6-7-19(17)22/h3-7,9,11-13H,8,10,14H2,1-2H3,(H,21,23). The van der Waals surface area contributed by atoms with Crippen molar-refractivity contribution in [1.29, 1.82) is 0 Å². The summed E-state index contributed by atoms with van der Waals surface area (Å²) in [7, 11) is 1.65. The summed E-state index contributed by atoms with van der Waals surface area (Å²) >= 11 is 0. The van der Waals surface area contributed by atoms with Crippen LogP contribution in [0.3, 0.4) is 0 Å². The van der Waals surface area contributed by atoms with E-state index >= 15 is 0 Å². The van der Waals surface area contributed by atoms with E-state index in [4.69, 9.17) is 4.74 Å². The molecule has 4 heteroatoms. The number of benzene rings is 2. The van der Waals surface area contributed by atoms with Crippen molar-refractivity contribution in [3.8, 4) is 5.75 Å². The molecule has 24 heavy (non-hydrogen) atoms. The predicted octanol–water partition coefficient (Wildman–Crippen LogP) is 3.32. The predicted molar refractivity (Wildman–Crippen MR) is 96.4 cm³/mol. The van der Waals surface area contributed by atoms with E-state index in [-0.39, 0.29) is 5.91 Å². The van der Waals surface area contributed by atoms with Gasteiger partial charge in [0.05, 0.1) is 7.11 Å². The van der Waals surface area contributed by atoms with Crippen molar-refractivity contribution < 1.29 is 9.53 Å². The van der Waals surface area contributed by atoms with Gasteiger partial charge in [0, 0.05) is 23.6 Å². The minimum Gasteiger partial charge on any atom is -0.497 e.